The smallest absolute Gasteiger partial charge is 0.878 e. The molecule has 0 aliphatic carbocycles. The molecule has 0 aromatic heterocycles. The Morgan fingerprint density at radius 1 is 1.15 bits per heavy atom. The summed E-state index contributed by atoms with van der Waals surface area (Å²) in [7, 11) is 0. The molecule has 0 fully saturated rings. The normalized spacial score (nSPS) is 10.1. The van der Waals surface area contributed by atoms with E-state index in [1.54, 1.807) is 18.2 Å². The van der Waals surface area contributed by atoms with Crippen LogP contribution >= 0.6 is 0 Å². The van der Waals surface area contributed by atoms with Gasteiger partial charge in [0.1, 0.15) is 0 Å². The molecule has 0 saturated heterocycles. The first kappa shape index (κ1) is 19.0. The molecule has 1 aromatic rings. The molecule has 0 amide bonds. The molecule has 5 heteroatoms. The third-order valence-electron chi connectivity index (χ3n) is 2.37. The van der Waals surface area contributed by atoms with Gasteiger partial charge in [0, 0.05) is 5.56 Å². The molecule has 0 unspecified atom stereocenters. The summed E-state index contributed by atoms with van der Waals surface area (Å²) >= 11 is 0. The number of allylic oxidation sites excluding steroid dienone is 1. The summed E-state index contributed by atoms with van der Waals surface area (Å²) in [6.07, 6.45) is 3.24. The van der Waals surface area contributed by atoms with Crippen LogP contribution in [-0.4, -0.2) is 19.0 Å². The van der Waals surface area contributed by atoms with Crippen molar-refractivity contribution in [2.45, 2.75) is 26.7 Å². The second kappa shape index (κ2) is 10.8. The van der Waals surface area contributed by atoms with Crippen molar-refractivity contribution in [2.75, 3.05) is 13.2 Å². The SMILES string of the molecule is CCCOc1ccc(C(=O)C=C[O-])cc1OCCC.[Na+]. The topological polar surface area (TPSA) is 58.6 Å². The van der Waals surface area contributed by atoms with Crippen LogP contribution in [0.15, 0.2) is 30.5 Å². The van der Waals surface area contributed by atoms with Crippen molar-refractivity contribution < 1.29 is 48.9 Å². The van der Waals surface area contributed by atoms with Gasteiger partial charge in [0.25, 0.3) is 0 Å². The molecule has 0 atom stereocenters. The van der Waals surface area contributed by atoms with Crippen molar-refractivity contribution in [3.8, 4) is 11.5 Å². The van der Waals surface area contributed by atoms with Crippen molar-refractivity contribution in [1.82, 2.24) is 0 Å². The van der Waals surface area contributed by atoms with Crippen LogP contribution in [0.4, 0.5) is 0 Å². The van der Waals surface area contributed by atoms with E-state index in [0.717, 1.165) is 18.9 Å². The van der Waals surface area contributed by atoms with Crippen LogP contribution < -0.4 is 44.1 Å². The molecule has 0 spiro atoms. The Morgan fingerprint density at radius 2 is 1.75 bits per heavy atom. The molecule has 20 heavy (non-hydrogen) atoms. The standard InChI is InChI=1S/C15H20O4.Na/c1-3-9-18-14-6-5-12(13(17)7-8-16)11-15(14)19-10-4-2;/h5-8,11,16H,3-4,9-10H2,1-2H3;/q;+1/p-1. The van der Waals surface area contributed by atoms with Crippen LogP contribution in [0.3, 0.4) is 0 Å². The number of hydrogen-bond acceptors (Lipinski definition) is 4. The van der Waals surface area contributed by atoms with E-state index in [9.17, 15) is 9.90 Å². The largest absolute Gasteiger partial charge is 1.00 e. The summed E-state index contributed by atoms with van der Waals surface area (Å²) in [5, 5.41) is 10.3. The average molecular weight is 286 g/mol. The molecular weight excluding hydrogens is 267 g/mol. The van der Waals surface area contributed by atoms with Gasteiger partial charge in [0.15, 0.2) is 17.3 Å². The van der Waals surface area contributed by atoms with Gasteiger partial charge >= 0.3 is 29.6 Å². The van der Waals surface area contributed by atoms with Crippen LogP contribution in [0, 0.1) is 0 Å². The molecule has 0 N–H and O–H groups in total. The Kier molecular flexibility index (Phi) is 10.3. The van der Waals surface area contributed by atoms with E-state index in [2.05, 4.69) is 0 Å². The fourth-order valence-corrected chi connectivity index (χ4v) is 1.48. The molecule has 0 radical (unpaired) electrons. The van der Waals surface area contributed by atoms with Crippen LogP contribution in [0.25, 0.3) is 0 Å². The first-order valence-electron chi connectivity index (χ1n) is 6.45. The van der Waals surface area contributed by atoms with Crippen LogP contribution in [0.1, 0.15) is 37.0 Å². The minimum atomic E-state index is -0.335. The van der Waals surface area contributed by atoms with Gasteiger partial charge in [-0.3, -0.25) is 4.79 Å². The van der Waals surface area contributed by atoms with E-state index in [0.29, 0.717) is 36.5 Å². The zero-order valence-corrected chi connectivity index (χ0v) is 14.3. The summed E-state index contributed by atoms with van der Waals surface area (Å²) in [5.74, 6) is 0.830. The summed E-state index contributed by atoms with van der Waals surface area (Å²) in [5.41, 5.74) is 0.419. The quantitative estimate of drug-likeness (QED) is 0.275. The zero-order valence-electron chi connectivity index (χ0n) is 12.3. The van der Waals surface area contributed by atoms with Gasteiger partial charge in [-0.1, -0.05) is 13.8 Å². The number of benzene rings is 1. The van der Waals surface area contributed by atoms with E-state index in [4.69, 9.17) is 9.47 Å². The second-order valence-electron chi connectivity index (χ2n) is 4.03. The molecule has 0 heterocycles. The van der Waals surface area contributed by atoms with Gasteiger partial charge in [-0.05, 0) is 37.1 Å². The monoisotopic (exact) mass is 286 g/mol. The molecule has 0 aliphatic rings. The maximum absolute atomic E-state index is 11.6. The molecule has 1 aromatic carbocycles. The van der Waals surface area contributed by atoms with E-state index in [-0.39, 0.29) is 35.3 Å². The number of rotatable bonds is 8. The van der Waals surface area contributed by atoms with Gasteiger partial charge in [0.2, 0.25) is 0 Å². The minimum absolute atomic E-state index is 0. The van der Waals surface area contributed by atoms with Crippen molar-refractivity contribution in [3.63, 3.8) is 0 Å². The molecule has 104 valence electrons. The third-order valence-corrected chi connectivity index (χ3v) is 2.37. The average Bonchev–Trinajstić information content (AvgIpc) is 2.43. The Bertz CT molecular complexity index is 443. The van der Waals surface area contributed by atoms with Crippen molar-refractivity contribution in [1.29, 1.82) is 0 Å². The Labute approximate surface area is 142 Å². The molecular formula is C15H19NaO4. The van der Waals surface area contributed by atoms with Crippen molar-refractivity contribution in [2.24, 2.45) is 0 Å². The molecule has 0 aliphatic heterocycles. The predicted molar refractivity (Wildman–Crippen MR) is 71.5 cm³/mol. The van der Waals surface area contributed by atoms with E-state index in [1.807, 2.05) is 13.8 Å². The molecule has 4 nitrogen and oxygen atoms in total. The Hall–Kier alpha value is -0.970. The number of ether oxygens (including phenoxy) is 2. The molecule has 1 rings (SSSR count). The summed E-state index contributed by atoms with van der Waals surface area (Å²) in [6.45, 7) is 5.17. The third kappa shape index (κ3) is 5.99. The maximum atomic E-state index is 11.6. The number of ketones is 1. The van der Waals surface area contributed by atoms with Crippen LogP contribution in [0.5, 0.6) is 11.5 Å². The fourth-order valence-electron chi connectivity index (χ4n) is 1.48. The minimum Gasteiger partial charge on any atom is -0.878 e. The summed E-state index contributed by atoms with van der Waals surface area (Å²) < 4.78 is 11.1. The van der Waals surface area contributed by atoms with E-state index >= 15 is 0 Å². The van der Waals surface area contributed by atoms with Crippen LogP contribution in [-0.2, 0) is 0 Å². The number of carbonyl (C=O) groups excluding carboxylic acids is 1. The summed E-state index contributed by atoms with van der Waals surface area (Å²) in [4.78, 5) is 11.6. The van der Waals surface area contributed by atoms with Gasteiger partial charge in [-0.15, -0.1) is 6.26 Å². The Balaban J connectivity index is 0.00000361. The van der Waals surface area contributed by atoms with Gasteiger partial charge in [-0.2, -0.15) is 0 Å². The van der Waals surface area contributed by atoms with Crippen molar-refractivity contribution in [3.05, 3.63) is 36.1 Å². The first-order chi connectivity index (χ1) is 9.22. The molecule has 0 saturated carbocycles. The van der Waals surface area contributed by atoms with Crippen molar-refractivity contribution >= 4 is 5.78 Å². The van der Waals surface area contributed by atoms with E-state index < -0.39 is 0 Å². The first-order valence-corrected chi connectivity index (χ1v) is 6.45. The van der Waals surface area contributed by atoms with Gasteiger partial charge < -0.3 is 14.6 Å². The van der Waals surface area contributed by atoms with Gasteiger partial charge in [-0.25, -0.2) is 0 Å². The summed E-state index contributed by atoms with van der Waals surface area (Å²) in [6, 6.07) is 4.95. The van der Waals surface area contributed by atoms with E-state index in [1.165, 1.54) is 0 Å². The van der Waals surface area contributed by atoms with Gasteiger partial charge in [0.05, 0.1) is 13.2 Å². The number of carbonyl (C=O) groups is 1. The Morgan fingerprint density at radius 3 is 2.30 bits per heavy atom. The predicted octanol–water partition coefficient (Wildman–Crippen LogP) is -0.675. The number of hydrogen-bond donors (Lipinski definition) is 0. The van der Waals surface area contributed by atoms with Crippen LogP contribution in [0.2, 0.25) is 0 Å². The zero-order chi connectivity index (χ0) is 14.1. The molecule has 0 bridgehead atoms. The maximum Gasteiger partial charge on any atom is 1.00 e. The second-order valence-corrected chi connectivity index (χ2v) is 4.03. The fraction of sp³-hybridized carbons (Fsp3) is 0.400.